The van der Waals surface area contributed by atoms with Gasteiger partial charge in [-0.25, -0.2) is 14.5 Å². The number of fused-ring (bicyclic) bond motifs is 1. The van der Waals surface area contributed by atoms with Crippen molar-refractivity contribution in [3.63, 3.8) is 0 Å². The molecule has 38 heavy (non-hydrogen) atoms. The van der Waals surface area contributed by atoms with Crippen molar-refractivity contribution in [3.05, 3.63) is 66.1 Å². The maximum Gasteiger partial charge on any atom is 0.427 e. The normalized spacial score (nSPS) is 21.1. The molecule has 3 heterocycles. The Labute approximate surface area is 217 Å². The average molecular weight is 533 g/mol. The molecule has 1 aromatic carbocycles. The van der Waals surface area contributed by atoms with Gasteiger partial charge in [-0.05, 0) is 47.7 Å². The van der Waals surface area contributed by atoms with Crippen molar-refractivity contribution in [1.82, 2.24) is 19.7 Å². The lowest BCUT2D eigenvalue weighted by Crippen LogP contribution is -2.42. The highest BCUT2D eigenvalue weighted by Gasteiger charge is 2.59. The van der Waals surface area contributed by atoms with Gasteiger partial charge in [-0.1, -0.05) is 12.1 Å². The number of halogens is 3. The van der Waals surface area contributed by atoms with Crippen LogP contribution in [0.1, 0.15) is 17.2 Å². The number of aromatic nitrogens is 3. The summed E-state index contributed by atoms with van der Waals surface area (Å²) in [4.78, 5) is 18.2. The van der Waals surface area contributed by atoms with Crippen LogP contribution in [0.2, 0.25) is 0 Å². The van der Waals surface area contributed by atoms with E-state index in [1.807, 2.05) is 12.3 Å². The first-order valence-electron chi connectivity index (χ1n) is 12.1. The van der Waals surface area contributed by atoms with Crippen molar-refractivity contribution in [2.24, 2.45) is 11.8 Å². The molecule has 2 unspecified atom stereocenters. The zero-order chi connectivity index (χ0) is 26.9. The number of rotatable bonds is 9. The summed E-state index contributed by atoms with van der Waals surface area (Å²) in [6.45, 7) is -0.206. The Morgan fingerprint density at radius 1 is 1.03 bits per heavy atom. The number of hydrogen-bond acceptors (Lipinski definition) is 7. The topological polar surface area (TPSA) is 87.9 Å². The molecule has 1 saturated heterocycles. The smallest absolute Gasteiger partial charge is 0.427 e. The average Bonchev–Trinajstić information content (AvgIpc) is 3.26. The molecule has 1 amide bonds. The largest absolute Gasteiger partial charge is 0.497 e. The Balaban J connectivity index is 1.12. The molecular weight excluding hydrogens is 505 g/mol. The van der Waals surface area contributed by atoms with Crippen LogP contribution in [-0.2, 0) is 16.1 Å². The van der Waals surface area contributed by atoms with E-state index in [2.05, 4.69) is 10.1 Å². The van der Waals surface area contributed by atoms with Crippen LogP contribution in [0.25, 0.3) is 5.82 Å². The molecule has 9 nitrogen and oxygen atoms in total. The second kappa shape index (κ2) is 10.5. The number of benzene rings is 1. The van der Waals surface area contributed by atoms with Gasteiger partial charge in [-0.2, -0.15) is 18.3 Å². The van der Waals surface area contributed by atoms with Crippen LogP contribution in [-0.4, -0.2) is 72.0 Å². The Kier molecular flexibility index (Phi) is 7.15. The minimum absolute atomic E-state index is 0.0532. The van der Waals surface area contributed by atoms with Gasteiger partial charge in [0.15, 0.2) is 5.82 Å². The highest BCUT2D eigenvalue weighted by atomic mass is 19.4. The van der Waals surface area contributed by atoms with Crippen molar-refractivity contribution < 1.29 is 36.9 Å². The number of carbonyl (C=O) groups excluding carboxylic acids is 1. The lowest BCUT2D eigenvalue weighted by atomic mass is 10.2. The number of piperidine rings is 1. The summed E-state index contributed by atoms with van der Waals surface area (Å²) in [5.41, 5.74) is 1.54. The summed E-state index contributed by atoms with van der Waals surface area (Å²) >= 11 is 0. The van der Waals surface area contributed by atoms with E-state index in [1.165, 1.54) is 12.0 Å². The Morgan fingerprint density at radius 3 is 2.32 bits per heavy atom. The van der Waals surface area contributed by atoms with E-state index in [0.717, 1.165) is 5.69 Å². The second-order valence-corrected chi connectivity index (χ2v) is 9.28. The quantitative estimate of drug-likeness (QED) is 0.408. The van der Waals surface area contributed by atoms with Crippen LogP contribution in [0, 0.1) is 11.8 Å². The fraction of sp³-hybridized carbons (Fsp3) is 0.423. The van der Waals surface area contributed by atoms with Crippen molar-refractivity contribution in [3.8, 4) is 17.3 Å². The molecule has 2 aromatic heterocycles. The zero-order valence-corrected chi connectivity index (χ0v) is 20.8. The molecule has 0 radical (unpaired) electrons. The first-order chi connectivity index (χ1) is 18.3. The van der Waals surface area contributed by atoms with E-state index in [-0.39, 0.29) is 24.4 Å². The second-order valence-electron chi connectivity index (χ2n) is 9.28. The van der Waals surface area contributed by atoms with E-state index >= 15 is 0 Å². The lowest BCUT2D eigenvalue weighted by Gasteiger charge is -2.25. The number of methoxy groups -OCH3 is 2. The molecule has 0 N–H and O–H groups in total. The van der Waals surface area contributed by atoms with Gasteiger partial charge in [0.05, 0.1) is 39.3 Å². The molecule has 12 heteroatoms. The summed E-state index contributed by atoms with van der Waals surface area (Å²) in [6, 6.07) is 12.2. The maximum atomic E-state index is 13.5. The number of amides is 1. The molecule has 5 rings (SSSR count). The molecule has 0 spiro atoms. The van der Waals surface area contributed by atoms with Crippen molar-refractivity contribution in [2.75, 3.05) is 33.9 Å². The number of hydrogen-bond donors (Lipinski definition) is 0. The third-order valence-corrected chi connectivity index (χ3v) is 6.90. The van der Waals surface area contributed by atoms with Crippen molar-refractivity contribution in [1.29, 1.82) is 0 Å². The molecule has 202 valence electrons. The summed E-state index contributed by atoms with van der Waals surface area (Å²) in [5, 5.41) is 4.61. The monoisotopic (exact) mass is 532 g/mol. The highest BCUT2D eigenvalue weighted by Crippen LogP contribution is 2.57. The maximum absolute atomic E-state index is 13.5. The standard InChI is InChI=1S/C26H27F3N4O5/c1-35-17-5-3-16(4-6-17)14-37-15-22(26(27,28)29)38-25(34)32-12-19-20(13-32)24(19)21-9-10-33(31-21)23-8-7-18(36-2)11-30-23/h3-11,19-20,22,24H,12-15H2,1-2H3/t19-,20?,22-,24?/m1/s1. The number of nitrogens with zero attached hydrogens (tertiary/aromatic N) is 4. The first-order valence-corrected chi connectivity index (χ1v) is 12.1. The van der Waals surface area contributed by atoms with Gasteiger partial charge in [0, 0.05) is 25.2 Å². The predicted octanol–water partition coefficient (Wildman–Crippen LogP) is 4.21. The molecule has 1 saturated carbocycles. The van der Waals surface area contributed by atoms with Gasteiger partial charge in [-0.3, -0.25) is 0 Å². The minimum Gasteiger partial charge on any atom is -0.497 e. The van der Waals surface area contributed by atoms with Crippen LogP contribution >= 0.6 is 0 Å². The first kappa shape index (κ1) is 25.8. The van der Waals surface area contributed by atoms with Crippen LogP contribution in [0.15, 0.2) is 54.9 Å². The molecule has 1 aliphatic heterocycles. The highest BCUT2D eigenvalue weighted by molar-refractivity contribution is 5.69. The SMILES string of the molecule is COc1ccc(COC[C@@H](OC(=O)N2CC3C(c4ccn(-c5ccc(OC)cn5)n4)[C@@H]3C2)C(F)(F)F)cc1. The van der Waals surface area contributed by atoms with E-state index in [1.54, 1.807) is 54.4 Å². The van der Waals surface area contributed by atoms with E-state index in [0.29, 0.717) is 36.0 Å². The van der Waals surface area contributed by atoms with Crippen LogP contribution < -0.4 is 9.47 Å². The Hall–Kier alpha value is -3.80. The lowest BCUT2D eigenvalue weighted by molar-refractivity contribution is -0.219. The van der Waals surface area contributed by atoms with Crippen molar-refractivity contribution in [2.45, 2.75) is 24.8 Å². The van der Waals surface area contributed by atoms with Crippen molar-refractivity contribution >= 4 is 6.09 Å². The molecular formula is C26H27F3N4O5. The fourth-order valence-electron chi connectivity index (χ4n) is 4.78. The molecule has 3 aromatic rings. The molecule has 0 bridgehead atoms. The van der Waals surface area contributed by atoms with Gasteiger partial charge in [0.25, 0.3) is 0 Å². The predicted molar refractivity (Wildman–Crippen MR) is 128 cm³/mol. The van der Waals surface area contributed by atoms with Gasteiger partial charge >= 0.3 is 12.3 Å². The van der Waals surface area contributed by atoms with E-state index in [9.17, 15) is 18.0 Å². The Bertz CT molecular complexity index is 1240. The third-order valence-electron chi connectivity index (χ3n) is 6.90. The number of likely N-dealkylation sites (tertiary alicyclic amines) is 1. The summed E-state index contributed by atoms with van der Waals surface area (Å²) in [6.07, 6.45) is -4.68. The van der Waals surface area contributed by atoms with Gasteiger partial charge in [0.2, 0.25) is 6.10 Å². The van der Waals surface area contributed by atoms with E-state index in [4.69, 9.17) is 18.9 Å². The summed E-state index contributed by atoms with van der Waals surface area (Å²) in [7, 11) is 3.08. The molecule has 2 aliphatic rings. The molecule has 2 fully saturated rings. The van der Waals surface area contributed by atoms with E-state index < -0.39 is 25.0 Å². The summed E-state index contributed by atoms with van der Waals surface area (Å²) in [5.74, 6) is 2.31. The molecule has 4 atom stereocenters. The number of ether oxygens (including phenoxy) is 4. The zero-order valence-electron chi connectivity index (χ0n) is 20.8. The molecule has 1 aliphatic carbocycles. The van der Waals surface area contributed by atoms with Gasteiger partial charge < -0.3 is 23.8 Å². The van der Waals surface area contributed by atoms with Gasteiger partial charge in [0.1, 0.15) is 11.5 Å². The number of pyridine rings is 1. The number of alkyl halides is 3. The van der Waals surface area contributed by atoms with Gasteiger partial charge in [-0.15, -0.1) is 0 Å². The third kappa shape index (κ3) is 5.54. The summed E-state index contributed by atoms with van der Waals surface area (Å²) < 4.78 is 62.5. The van der Waals surface area contributed by atoms with Crippen LogP contribution in [0.5, 0.6) is 11.5 Å². The fourth-order valence-corrected chi connectivity index (χ4v) is 4.78. The number of carbonyl (C=O) groups is 1. The van der Waals surface area contributed by atoms with Crippen LogP contribution in [0.3, 0.4) is 0 Å². The van der Waals surface area contributed by atoms with Crippen LogP contribution in [0.4, 0.5) is 18.0 Å². The Morgan fingerprint density at radius 2 is 1.71 bits per heavy atom. The minimum atomic E-state index is -4.75.